The molecule has 0 unspecified atom stereocenters. The number of hydrogen-bond donors (Lipinski definition) is 1. The summed E-state index contributed by atoms with van der Waals surface area (Å²) in [6.45, 7) is 7.99. The summed E-state index contributed by atoms with van der Waals surface area (Å²) in [5.41, 5.74) is 5.92. The van der Waals surface area contributed by atoms with E-state index in [9.17, 15) is 5.11 Å². The van der Waals surface area contributed by atoms with E-state index in [-0.39, 0.29) is 6.61 Å². The lowest BCUT2D eigenvalue weighted by Crippen LogP contribution is -2.05. The first kappa shape index (κ1) is 11.8. The van der Waals surface area contributed by atoms with Crippen LogP contribution in [0.3, 0.4) is 0 Å². The van der Waals surface area contributed by atoms with Crippen molar-refractivity contribution >= 4 is 0 Å². The third kappa shape index (κ3) is 1.96. The first-order valence-electron chi connectivity index (χ1n) is 5.64. The summed E-state index contributed by atoms with van der Waals surface area (Å²) < 4.78 is 1.88. The molecule has 2 aromatic rings. The molecule has 4 nitrogen and oxygen atoms in total. The third-order valence-corrected chi connectivity index (χ3v) is 3.15. The Kier molecular flexibility index (Phi) is 2.98. The van der Waals surface area contributed by atoms with E-state index in [0.717, 1.165) is 28.3 Å². The van der Waals surface area contributed by atoms with Crippen molar-refractivity contribution in [3.8, 4) is 5.69 Å². The van der Waals surface area contributed by atoms with Crippen molar-refractivity contribution in [2.24, 2.45) is 0 Å². The second-order valence-electron chi connectivity index (χ2n) is 4.32. The van der Waals surface area contributed by atoms with E-state index in [2.05, 4.69) is 17.0 Å². The molecule has 0 aliphatic heterocycles. The highest BCUT2D eigenvalue weighted by molar-refractivity contribution is 5.43. The van der Waals surface area contributed by atoms with Crippen molar-refractivity contribution in [1.82, 2.24) is 14.8 Å². The number of rotatable bonds is 2. The Labute approximate surface area is 101 Å². The fraction of sp³-hybridized carbons (Fsp3) is 0.385. The molecule has 0 aromatic carbocycles. The second-order valence-corrected chi connectivity index (χ2v) is 4.32. The van der Waals surface area contributed by atoms with Gasteiger partial charge in [-0.25, -0.2) is 4.68 Å². The van der Waals surface area contributed by atoms with Crippen molar-refractivity contribution < 1.29 is 5.11 Å². The number of aromatic nitrogens is 3. The summed E-state index contributed by atoms with van der Waals surface area (Å²) in [5, 5.41) is 13.9. The van der Waals surface area contributed by atoms with Gasteiger partial charge in [0.15, 0.2) is 0 Å². The number of aliphatic hydroxyl groups excluding tert-OH is 1. The van der Waals surface area contributed by atoms with Crippen LogP contribution in [-0.4, -0.2) is 19.9 Å². The van der Waals surface area contributed by atoms with Crippen molar-refractivity contribution in [3.63, 3.8) is 0 Å². The van der Waals surface area contributed by atoms with Crippen LogP contribution in [0.2, 0.25) is 0 Å². The zero-order valence-corrected chi connectivity index (χ0v) is 10.7. The van der Waals surface area contributed by atoms with Gasteiger partial charge in [-0.2, -0.15) is 5.10 Å². The largest absolute Gasteiger partial charge is 0.392 e. The Hall–Kier alpha value is -1.68. The van der Waals surface area contributed by atoms with Gasteiger partial charge in [0.25, 0.3) is 0 Å². The van der Waals surface area contributed by atoms with Gasteiger partial charge >= 0.3 is 0 Å². The van der Waals surface area contributed by atoms with E-state index in [4.69, 9.17) is 0 Å². The smallest absolute Gasteiger partial charge is 0.0737 e. The lowest BCUT2D eigenvalue weighted by atomic mass is 10.2. The summed E-state index contributed by atoms with van der Waals surface area (Å²) in [7, 11) is 0. The van der Waals surface area contributed by atoms with Gasteiger partial charge in [-0.15, -0.1) is 0 Å². The van der Waals surface area contributed by atoms with Crippen LogP contribution in [0.15, 0.2) is 12.3 Å². The third-order valence-electron chi connectivity index (χ3n) is 3.15. The van der Waals surface area contributed by atoms with E-state index in [1.165, 1.54) is 5.56 Å². The Morgan fingerprint density at radius 2 is 1.94 bits per heavy atom. The highest BCUT2D eigenvalue weighted by atomic mass is 16.3. The highest BCUT2D eigenvalue weighted by Gasteiger charge is 2.12. The van der Waals surface area contributed by atoms with Crippen molar-refractivity contribution in [2.45, 2.75) is 34.3 Å². The van der Waals surface area contributed by atoms with Gasteiger partial charge in [0.1, 0.15) is 0 Å². The molecule has 0 aliphatic carbocycles. The molecular weight excluding hydrogens is 214 g/mol. The molecule has 0 radical (unpaired) electrons. The van der Waals surface area contributed by atoms with E-state index >= 15 is 0 Å². The van der Waals surface area contributed by atoms with Crippen LogP contribution in [0.25, 0.3) is 5.69 Å². The molecule has 1 N–H and O–H groups in total. The van der Waals surface area contributed by atoms with Crippen LogP contribution < -0.4 is 0 Å². The maximum absolute atomic E-state index is 9.36. The van der Waals surface area contributed by atoms with Crippen molar-refractivity contribution in [3.05, 3.63) is 40.5 Å². The van der Waals surface area contributed by atoms with Gasteiger partial charge in [-0.3, -0.25) is 4.98 Å². The van der Waals surface area contributed by atoms with E-state index in [1.54, 1.807) is 6.20 Å². The maximum atomic E-state index is 9.36. The lowest BCUT2D eigenvalue weighted by Gasteiger charge is -2.10. The molecular formula is C13H17N3O. The maximum Gasteiger partial charge on any atom is 0.0737 e. The highest BCUT2D eigenvalue weighted by Crippen LogP contribution is 2.20. The zero-order valence-electron chi connectivity index (χ0n) is 10.7. The fourth-order valence-corrected chi connectivity index (χ4v) is 1.85. The van der Waals surface area contributed by atoms with Gasteiger partial charge in [0.05, 0.1) is 18.0 Å². The number of nitrogens with zero attached hydrogens (tertiary/aromatic N) is 3. The molecule has 0 saturated heterocycles. The summed E-state index contributed by atoms with van der Waals surface area (Å²) in [6, 6.07) is 1.95. The number of hydrogen-bond acceptors (Lipinski definition) is 3. The molecule has 17 heavy (non-hydrogen) atoms. The standard InChI is InChI=1S/C13H17N3O/c1-8-5-13(12(7-17)6-14-8)16-11(4)9(2)10(3)15-16/h5-6,17H,7H2,1-4H3. The van der Waals surface area contributed by atoms with Crippen LogP contribution >= 0.6 is 0 Å². The number of aryl methyl sites for hydroxylation is 2. The average molecular weight is 231 g/mol. The van der Waals surface area contributed by atoms with Crippen molar-refractivity contribution in [1.29, 1.82) is 0 Å². The Morgan fingerprint density at radius 1 is 1.24 bits per heavy atom. The monoisotopic (exact) mass is 231 g/mol. The Morgan fingerprint density at radius 3 is 2.47 bits per heavy atom. The first-order chi connectivity index (χ1) is 8.04. The van der Waals surface area contributed by atoms with Crippen LogP contribution in [-0.2, 0) is 6.61 Å². The van der Waals surface area contributed by atoms with Crippen LogP contribution in [0.1, 0.15) is 28.2 Å². The molecule has 4 heteroatoms. The fourth-order valence-electron chi connectivity index (χ4n) is 1.85. The molecule has 0 aliphatic rings. The molecule has 2 heterocycles. The van der Waals surface area contributed by atoms with Crippen molar-refractivity contribution in [2.75, 3.05) is 0 Å². The molecule has 2 aromatic heterocycles. The average Bonchev–Trinajstić information content (AvgIpc) is 2.57. The Bertz CT molecular complexity index is 558. The Balaban J connectivity index is 2.67. The minimum absolute atomic E-state index is 0.0278. The molecule has 0 fully saturated rings. The topological polar surface area (TPSA) is 50.9 Å². The van der Waals surface area contributed by atoms with Gasteiger partial charge in [-0.05, 0) is 39.3 Å². The molecule has 0 spiro atoms. The molecule has 90 valence electrons. The van der Waals surface area contributed by atoms with Gasteiger partial charge < -0.3 is 5.11 Å². The molecule has 2 rings (SSSR count). The molecule has 0 amide bonds. The summed E-state index contributed by atoms with van der Waals surface area (Å²) in [6.07, 6.45) is 1.70. The van der Waals surface area contributed by atoms with E-state index in [1.807, 2.05) is 31.5 Å². The zero-order chi connectivity index (χ0) is 12.6. The summed E-state index contributed by atoms with van der Waals surface area (Å²) in [4.78, 5) is 4.19. The molecule has 0 atom stereocenters. The van der Waals surface area contributed by atoms with Crippen LogP contribution in [0.5, 0.6) is 0 Å². The van der Waals surface area contributed by atoms with Gasteiger partial charge in [-0.1, -0.05) is 0 Å². The van der Waals surface area contributed by atoms with Gasteiger partial charge in [0.2, 0.25) is 0 Å². The first-order valence-corrected chi connectivity index (χ1v) is 5.64. The quantitative estimate of drug-likeness (QED) is 0.860. The predicted molar refractivity (Wildman–Crippen MR) is 66.2 cm³/mol. The minimum atomic E-state index is -0.0278. The second kappa shape index (κ2) is 4.30. The number of aliphatic hydroxyl groups is 1. The minimum Gasteiger partial charge on any atom is -0.392 e. The summed E-state index contributed by atoms with van der Waals surface area (Å²) >= 11 is 0. The SMILES string of the molecule is Cc1cc(-n2nc(C)c(C)c2C)c(CO)cn1. The molecule has 0 bridgehead atoms. The van der Waals surface area contributed by atoms with E-state index < -0.39 is 0 Å². The van der Waals surface area contributed by atoms with Crippen LogP contribution in [0.4, 0.5) is 0 Å². The molecule has 0 saturated carbocycles. The van der Waals surface area contributed by atoms with E-state index in [0.29, 0.717) is 0 Å². The predicted octanol–water partition coefficient (Wildman–Crippen LogP) is 1.99. The van der Waals surface area contributed by atoms with Gasteiger partial charge in [0, 0.05) is 23.1 Å². The normalized spacial score (nSPS) is 10.9. The summed E-state index contributed by atoms with van der Waals surface area (Å²) in [5.74, 6) is 0. The van der Waals surface area contributed by atoms with Crippen LogP contribution in [0, 0.1) is 27.7 Å². The lowest BCUT2D eigenvalue weighted by molar-refractivity contribution is 0.280. The number of pyridine rings is 1.